The van der Waals surface area contributed by atoms with Gasteiger partial charge in [0.05, 0.1) is 12.0 Å². The van der Waals surface area contributed by atoms with Crippen molar-refractivity contribution in [2.24, 2.45) is 5.92 Å². The molecule has 1 saturated heterocycles. The number of aliphatic hydroxyl groups excluding tert-OH is 1. The fourth-order valence-corrected chi connectivity index (χ4v) is 5.12. The second-order valence-corrected chi connectivity index (χ2v) is 8.07. The van der Waals surface area contributed by atoms with Gasteiger partial charge in [0.1, 0.15) is 4.21 Å². The van der Waals surface area contributed by atoms with Gasteiger partial charge in [-0.1, -0.05) is 6.92 Å². The van der Waals surface area contributed by atoms with Crippen molar-refractivity contribution in [2.75, 3.05) is 13.1 Å². The zero-order valence-electron chi connectivity index (χ0n) is 11.0. The quantitative estimate of drug-likeness (QED) is 0.854. The number of aryl methyl sites for hydroxylation is 1. The van der Waals surface area contributed by atoms with Crippen molar-refractivity contribution in [3.63, 3.8) is 0 Å². The number of rotatable bonds is 4. The van der Waals surface area contributed by atoms with Crippen molar-refractivity contribution in [1.29, 1.82) is 0 Å². The van der Waals surface area contributed by atoms with Gasteiger partial charge in [-0.2, -0.15) is 4.31 Å². The first-order valence-electron chi connectivity index (χ1n) is 6.36. The van der Waals surface area contributed by atoms with Crippen LogP contribution in [-0.2, 0) is 21.2 Å². The summed E-state index contributed by atoms with van der Waals surface area (Å²) < 4.78 is 26.3. The summed E-state index contributed by atoms with van der Waals surface area (Å²) in [6.45, 7) is 1.91. The summed E-state index contributed by atoms with van der Waals surface area (Å²) in [5.41, 5.74) is 0. The van der Waals surface area contributed by atoms with Crippen LogP contribution in [-0.4, -0.2) is 48.1 Å². The average Bonchev–Trinajstić information content (AvgIpc) is 2.88. The Hall–Kier alpha value is -0.960. The second kappa shape index (κ2) is 5.80. The predicted molar refractivity (Wildman–Crippen MR) is 74.2 cm³/mol. The van der Waals surface area contributed by atoms with E-state index >= 15 is 0 Å². The SMILES string of the molecule is CCc1ccc(S(=O)(=O)N2CC[C@H](O)[C@@H](C(=O)O)C2)s1. The van der Waals surface area contributed by atoms with Gasteiger partial charge < -0.3 is 10.2 Å². The number of hydrogen-bond donors (Lipinski definition) is 2. The molecule has 8 heteroatoms. The summed E-state index contributed by atoms with van der Waals surface area (Å²) >= 11 is 1.20. The maximum Gasteiger partial charge on any atom is 0.310 e. The van der Waals surface area contributed by atoms with Crippen molar-refractivity contribution in [3.05, 3.63) is 17.0 Å². The highest BCUT2D eigenvalue weighted by molar-refractivity contribution is 7.91. The number of thiophene rings is 1. The van der Waals surface area contributed by atoms with Crippen molar-refractivity contribution in [2.45, 2.75) is 30.1 Å². The summed E-state index contributed by atoms with van der Waals surface area (Å²) in [4.78, 5) is 12.0. The third-order valence-electron chi connectivity index (χ3n) is 3.44. The molecule has 0 spiro atoms. The summed E-state index contributed by atoms with van der Waals surface area (Å²) in [6.07, 6.45) is -0.0905. The number of carboxylic acids is 1. The molecule has 0 saturated carbocycles. The molecule has 0 radical (unpaired) electrons. The average molecular weight is 319 g/mol. The zero-order valence-corrected chi connectivity index (χ0v) is 12.7. The molecular weight excluding hydrogens is 302 g/mol. The molecule has 0 aromatic carbocycles. The Morgan fingerprint density at radius 3 is 2.75 bits per heavy atom. The topological polar surface area (TPSA) is 94.9 Å². The molecule has 20 heavy (non-hydrogen) atoms. The van der Waals surface area contributed by atoms with Crippen molar-refractivity contribution in [1.82, 2.24) is 4.31 Å². The molecule has 1 aliphatic heterocycles. The maximum atomic E-state index is 12.5. The summed E-state index contributed by atoms with van der Waals surface area (Å²) in [5.74, 6) is -2.23. The summed E-state index contributed by atoms with van der Waals surface area (Å²) in [5, 5.41) is 18.7. The van der Waals surface area contributed by atoms with Crippen LogP contribution in [0.2, 0.25) is 0 Å². The number of nitrogens with zero attached hydrogens (tertiary/aromatic N) is 1. The van der Waals surface area contributed by atoms with Gasteiger partial charge in [0.15, 0.2) is 0 Å². The first kappa shape index (κ1) is 15.4. The number of aliphatic hydroxyl groups is 1. The molecule has 2 rings (SSSR count). The van der Waals surface area contributed by atoms with Crippen LogP contribution in [0.15, 0.2) is 16.3 Å². The number of carbonyl (C=O) groups is 1. The lowest BCUT2D eigenvalue weighted by atomic mass is 9.96. The van der Waals surface area contributed by atoms with Crippen LogP contribution >= 0.6 is 11.3 Å². The summed E-state index contributed by atoms with van der Waals surface area (Å²) in [6, 6.07) is 3.32. The zero-order chi connectivity index (χ0) is 14.9. The van der Waals surface area contributed by atoms with Crippen LogP contribution in [0.3, 0.4) is 0 Å². The molecule has 1 aromatic rings. The first-order chi connectivity index (χ1) is 9.36. The van der Waals surface area contributed by atoms with E-state index in [1.54, 1.807) is 12.1 Å². The molecule has 1 aromatic heterocycles. The van der Waals surface area contributed by atoms with Gasteiger partial charge in [0.2, 0.25) is 0 Å². The van der Waals surface area contributed by atoms with Crippen LogP contribution in [0, 0.1) is 5.92 Å². The molecule has 112 valence electrons. The monoisotopic (exact) mass is 319 g/mol. The molecule has 0 unspecified atom stereocenters. The maximum absolute atomic E-state index is 12.5. The highest BCUT2D eigenvalue weighted by Crippen LogP contribution is 2.28. The minimum absolute atomic E-state index is 0.141. The smallest absolute Gasteiger partial charge is 0.310 e. The lowest BCUT2D eigenvalue weighted by Gasteiger charge is -2.32. The largest absolute Gasteiger partial charge is 0.481 e. The predicted octanol–water partition coefficient (Wildman–Crippen LogP) is 0.767. The Morgan fingerprint density at radius 1 is 1.50 bits per heavy atom. The van der Waals surface area contributed by atoms with E-state index in [0.29, 0.717) is 0 Å². The van der Waals surface area contributed by atoms with Gasteiger partial charge >= 0.3 is 5.97 Å². The highest BCUT2D eigenvalue weighted by Gasteiger charge is 2.38. The molecule has 2 N–H and O–H groups in total. The Morgan fingerprint density at radius 2 is 2.20 bits per heavy atom. The van der Waals surface area contributed by atoms with Crippen LogP contribution in [0.25, 0.3) is 0 Å². The first-order valence-corrected chi connectivity index (χ1v) is 8.61. The Balaban J connectivity index is 2.23. The van der Waals surface area contributed by atoms with Crippen LogP contribution in [0.1, 0.15) is 18.2 Å². The fourth-order valence-electron chi connectivity index (χ4n) is 2.18. The fraction of sp³-hybridized carbons (Fsp3) is 0.583. The Kier molecular flexibility index (Phi) is 4.48. The van der Waals surface area contributed by atoms with Crippen molar-refractivity contribution < 1.29 is 23.4 Å². The third-order valence-corrected chi connectivity index (χ3v) is 7.00. The molecule has 2 heterocycles. The molecular formula is C12H17NO5S2. The van der Waals surface area contributed by atoms with E-state index in [1.165, 1.54) is 11.3 Å². The van der Waals surface area contributed by atoms with E-state index in [0.717, 1.165) is 15.6 Å². The number of aliphatic carboxylic acids is 1. The van der Waals surface area contributed by atoms with Crippen LogP contribution in [0.5, 0.6) is 0 Å². The van der Waals surface area contributed by atoms with Gasteiger partial charge in [-0.25, -0.2) is 8.42 Å². The third kappa shape index (κ3) is 2.88. The van der Waals surface area contributed by atoms with Gasteiger partial charge in [0.25, 0.3) is 10.0 Å². The molecule has 6 nitrogen and oxygen atoms in total. The van der Waals surface area contributed by atoms with Crippen LogP contribution in [0.4, 0.5) is 0 Å². The standard InChI is InChI=1S/C12H17NO5S2/c1-2-8-3-4-11(19-8)20(17,18)13-6-5-10(14)9(7-13)12(15)16/h3-4,9-10,14H,2,5-7H2,1H3,(H,15,16)/t9-,10-/m0/s1. The molecule has 0 aliphatic carbocycles. The van der Waals surface area contributed by atoms with E-state index in [4.69, 9.17) is 5.11 Å². The van der Waals surface area contributed by atoms with E-state index in [-0.39, 0.29) is 23.7 Å². The van der Waals surface area contributed by atoms with E-state index < -0.39 is 28.0 Å². The molecule has 1 fully saturated rings. The van der Waals surface area contributed by atoms with Gasteiger partial charge in [-0.3, -0.25) is 4.79 Å². The van der Waals surface area contributed by atoms with E-state index in [1.807, 2.05) is 6.92 Å². The van der Waals surface area contributed by atoms with E-state index in [2.05, 4.69) is 0 Å². The van der Waals surface area contributed by atoms with Crippen LogP contribution < -0.4 is 0 Å². The Bertz CT molecular complexity index is 595. The minimum atomic E-state index is -3.66. The lowest BCUT2D eigenvalue weighted by Crippen LogP contribution is -2.48. The highest BCUT2D eigenvalue weighted by atomic mass is 32.2. The van der Waals surface area contributed by atoms with Crippen molar-refractivity contribution in [3.8, 4) is 0 Å². The molecule has 0 bridgehead atoms. The molecule has 1 aliphatic rings. The second-order valence-electron chi connectivity index (χ2n) is 4.74. The minimum Gasteiger partial charge on any atom is -0.481 e. The lowest BCUT2D eigenvalue weighted by molar-refractivity contribution is -0.147. The van der Waals surface area contributed by atoms with Gasteiger partial charge in [-0.15, -0.1) is 11.3 Å². The van der Waals surface area contributed by atoms with Crippen molar-refractivity contribution >= 4 is 27.3 Å². The van der Waals surface area contributed by atoms with Gasteiger partial charge in [-0.05, 0) is 25.0 Å². The summed E-state index contributed by atoms with van der Waals surface area (Å²) in [7, 11) is -3.66. The molecule has 2 atom stereocenters. The number of carboxylic acid groups (broad SMARTS) is 1. The molecule has 0 amide bonds. The number of sulfonamides is 1. The van der Waals surface area contributed by atoms with Gasteiger partial charge in [0, 0.05) is 18.0 Å². The van der Waals surface area contributed by atoms with E-state index in [9.17, 15) is 18.3 Å². The Labute approximate surface area is 121 Å². The number of hydrogen-bond acceptors (Lipinski definition) is 5. The number of piperidine rings is 1. The normalized spacial score (nSPS) is 24.7.